The Hall–Kier alpha value is -2.35. The van der Waals surface area contributed by atoms with Crippen LogP contribution in [0, 0.1) is 11.7 Å². The van der Waals surface area contributed by atoms with Crippen LogP contribution in [0.3, 0.4) is 0 Å². The average Bonchev–Trinajstić information content (AvgIpc) is 3.22. The van der Waals surface area contributed by atoms with Crippen molar-refractivity contribution in [2.24, 2.45) is 5.92 Å². The fraction of sp³-hybridized carbons (Fsp3) is 0.474. The van der Waals surface area contributed by atoms with Gasteiger partial charge in [-0.1, -0.05) is 30.4 Å². The molecule has 0 spiro atoms. The minimum atomic E-state index is -0.510. The molecule has 1 aromatic heterocycles. The van der Waals surface area contributed by atoms with E-state index in [1.807, 2.05) is 20.8 Å². The molecule has 1 atom stereocenters. The van der Waals surface area contributed by atoms with Crippen LogP contribution in [0.15, 0.2) is 24.3 Å². The summed E-state index contributed by atoms with van der Waals surface area (Å²) < 4.78 is 13.1. The van der Waals surface area contributed by atoms with Crippen molar-refractivity contribution in [3.63, 3.8) is 0 Å². The van der Waals surface area contributed by atoms with Crippen molar-refractivity contribution >= 4 is 28.3 Å². The zero-order valence-electron chi connectivity index (χ0n) is 15.7. The number of carbonyl (C=O) groups excluding carboxylic acids is 2. The van der Waals surface area contributed by atoms with E-state index in [0.29, 0.717) is 18.1 Å². The Bertz CT molecular complexity index is 834. The normalized spacial score (nSPS) is 17.4. The van der Waals surface area contributed by atoms with Crippen LogP contribution in [0.2, 0.25) is 0 Å². The molecule has 1 aliphatic rings. The van der Waals surface area contributed by atoms with E-state index in [2.05, 4.69) is 15.5 Å². The molecule has 3 rings (SSSR count). The molecule has 0 saturated carbocycles. The number of aromatic nitrogens is 2. The zero-order chi connectivity index (χ0) is 19.6. The van der Waals surface area contributed by atoms with E-state index in [0.717, 1.165) is 17.0 Å². The molecule has 144 valence electrons. The van der Waals surface area contributed by atoms with Gasteiger partial charge in [-0.2, -0.15) is 0 Å². The smallest absolute Gasteiger partial charge is 0.229 e. The van der Waals surface area contributed by atoms with Gasteiger partial charge >= 0.3 is 0 Å². The molecule has 1 fully saturated rings. The van der Waals surface area contributed by atoms with E-state index in [4.69, 9.17) is 0 Å². The van der Waals surface area contributed by atoms with E-state index in [9.17, 15) is 14.0 Å². The van der Waals surface area contributed by atoms with Gasteiger partial charge in [-0.3, -0.25) is 14.5 Å². The molecule has 2 amide bonds. The number of hydrogen-bond donors (Lipinski definition) is 1. The molecular formula is C19H23FN4O2S. The summed E-state index contributed by atoms with van der Waals surface area (Å²) in [6.45, 7) is 6.13. The molecule has 1 aliphatic heterocycles. The Balaban J connectivity index is 1.62. The van der Waals surface area contributed by atoms with E-state index in [1.165, 1.54) is 23.5 Å². The second kappa shape index (κ2) is 7.72. The summed E-state index contributed by atoms with van der Waals surface area (Å²) in [7, 11) is 0. The summed E-state index contributed by atoms with van der Waals surface area (Å²) in [4.78, 5) is 26.6. The van der Waals surface area contributed by atoms with Gasteiger partial charge in [0.05, 0.1) is 5.92 Å². The van der Waals surface area contributed by atoms with Crippen molar-refractivity contribution in [1.29, 1.82) is 0 Å². The summed E-state index contributed by atoms with van der Waals surface area (Å²) in [5, 5.41) is 12.6. The van der Waals surface area contributed by atoms with Crippen LogP contribution in [0.25, 0.3) is 0 Å². The maximum absolute atomic E-state index is 13.1. The summed E-state index contributed by atoms with van der Waals surface area (Å²) in [6, 6.07) is 6.25. The largest absolute Gasteiger partial charge is 0.351 e. The average molecular weight is 390 g/mol. The molecule has 1 aromatic carbocycles. The predicted molar refractivity (Wildman–Crippen MR) is 102 cm³/mol. The first-order valence-corrected chi connectivity index (χ1v) is 9.78. The maximum atomic E-state index is 13.1. The Kier molecular flexibility index (Phi) is 5.55. The minimum absolute atomic E-state index is 0.106. The Labute approximate surface area is 161 Å². The quantitative estimate of drug-likeness (QED) is 0.823. The number of nitrogens with zero attached hydrogens (tertiary/aromatic N) is 3. The molecule has 6 nitrogen and oxygen atoms in total. The third-order valence-corrected chi connectivity index (χ3v) is 5.60. The molecule has 2 aromatic rings. The van der Waals surface area contributed by atoms with Gasteiger partial charge in [0.1, 0.15) is 10.8 Å². The number of halogens is 1. The molecule has 0 radical (unpaired) electrons. The van der Waals surface area contributed by atoms with Crippen molar-refractivity contribution < 1.29 is 14.0 Å². The van der Waals surface area contributed by atoms with Gasteiger partial charge in [0.25, 0.3) is 0 Å². The summed E-state index contributed by atoms with van der Waals surface area (Å²) >= 11 is 1.38. The number of amides is 2. The maximum Gasteiger partial charge on any atom is 0.229 e. The summed E-state index contributed by atoms with van der Waals surface area (Å²) in [5.41, 5.74) is 0.426. The van der Waals surface area contributed by atoms with Gasteiger partial charge in [-0.15, -0.1) is 10.2 Å². The van der Waals surface area contributed by atoms with E-state index in [1.54, 1.807) is 17.0 Å². The van der Waals surface area contributed by atoms with E-state index >= 15 is 0 Å². The van der Waals surface area contributed by atoms with E-state index < -0.39 is 11.5 Å². The second-order valence-electron chi connectivity index (χ2n) is 7.41. The highest BCUT2D eigenvalue weighted by molar-refractivity contribution is 7.15. The molecule has 2 heterocycles. The fourth-order valence-corrected chi connectivity index (χ4v) is 3.96. The lowest BCUT2D eigenvalue weighted by molar-refractivity contribution is -0.127. The molecule has 0 aliphatic carbocycles. The molecule has 27 heavy (non-hydrogen) atoms. The number of benzene rings is 1. The van der Waals surface area contributed by atoms with Crippen LogP contribution >= 0.6 is 11.3 Å². The van der Waals surface area contributed by atoms with Crippen LogP contribution in [0.5, 0.6) is 0 Å². The zero-order valence-corrected chi connectivity index (χ0v) is 16.5. The lowest BCUT2D eigenvalue weighted by atomic mass is 9.93. The number of nitrogens with one attached hydrogen (secondary N) is 1. The predicted octanol–water partition coefficient (Wildman–Crippen LogP) is 2.73. The fourth-order valence-electron chi connectivity index (χ4n) is 3.16. The Morgan fingerprint density at radius 1 is 1.33 bits per heavy atom. The van der Waals surface area contributed by atoms with Crippen molar-refractivity contribution in [3.8, 4) is 0 Å². The van der Waals surface area contributed by atoms with Gasteiger partial charge in [0, 0.05) is 18.5 Å². The van der Waals surface area contributed by atoms with E-state index in [-0.39, 0.29) is 24.1 Å². The molecule has 1 unspecified atom stereocenters. The Morgan fingerprint density at radius 2 is 2.04 bits per heavy atom. The molecule has 0 bridgehead atoms. The van der Waals surface area contributed by atoms with Crippen LogP contribution in [-0.2, 0) is 22.4 Å². The third kappa shape index (κ3) is 4.68. The van der Waals surface area contributed by atoms with Crippen LogP contribution in [0.1, 0.15) is 37.8 Å². The number of hydrogen-bond acceptors (Lipinski definition) is 5. The van der Waals surface area contributed by atoms with Crippen molar-refractivity contribution in [1.82, 2.24) is 15.5 Å². The van der Waals surface area contributed by atoms with Gasteiger partial charge in [-0.25, -0.2) is 4.39 Å². The number of anilines is 1. The van der Waals surface area contributed by atoms with Gasteiger partial charge in [0.15, 0.2) is 0 Å². The minimum Gasteiger partial charge on any atom is -0.351 e. The van der Waals surface area contributed by atoms with Crippen molar-refractivity contribution in [2.75, 3.05) is 11.4 Å². The first-order valence-electron chi connectivity index (χ1n) is 8.96. The SMILES string of the molecule is CCc1nnc(N2CC(C(=O)NC(C)(C)Cc3ccc(F)cc3)CC2=O)s1. The standard InChI is InChI=1S/C19H23FN4O2S/c1-4-15-22-23-18(27-15)24-11-13(9-16(24)25)17(26)21-19(2,3)10-12-5-7-14(20)8-6-12/h5-8,13H,4,9-11H2,1-3H3,(H,21,26). The highest BCUT2D eigenvalue weighted by Gasteiger charge is 2.38. The van der Waals surface area contributed by atoms with Crippen LogP contribution < -0.4 is 10.2 Å². The highest BCUT2D eigenvalue weighted by Crippen LogP contribution is 2.28. The van der Waals surface area contributed by atoms with Crippen molar-refractivity contribution in [2.45, 2.75) is 45.6 Å². The van der Waals surface area contributed by atoms with Crippen LogP contribution in [0.4, 0.5) is 9.52 Å². The first-order chi connectivity index (χ1) is 12.8. The number of carbonyl (C=O) groups is 2. The summed E-state index contributed by atoms with van der Waals surface area (Å²) in [6.07, 6.45) is 1.50. The Morgan fingerprint density at radius 3 is 2.67 bits per heavy atom. The highest BCUT2D eigenvalue weighted by atomic mass is 32.1. The van der Waals surface area contributed by atoms with Gasteiger partial charge in [-0.05, 0) is 44.4 Å². The first kappa shape index (κ1) is 19.4. The molecule has 8 heteroatoms. The monoisotopic (exact) mass is 390 g/mol. The lowest BCUT2D eigenvalue weighted by Crippen LogP contribution is -2.48. The molecule has 1 N–H and O–H groups in total. The van der Waals surface area contributed by atoms with Crippen molar-refractivity contribution in [3.05, 3.63) is 40.7 Å². The molecular weight excluding hydrogens is 367 g/mol. The molecule has 1 saturated heterocycles. The van der Waals surface area contributed by atoms with Gasteiger partial charge < -0.3 is 5.32 Å². The van der Waals surface area contributed by atoms with Gasteiger partial charge in [0.2, 0.25) is 16.9 Å². The number of rotatable bonds is 6. The third-order valence-electron chi connectivity index (χ3n) is 4.51. The summed E-state index contributed by atoms with van der Waals surface area (Å²) in [5.74, 6) is -0.962. The topological polar surface area (TPSA) is 75.2 Å². The van der Waals surface area contributed by atoms with Crippen LogP contribution in [-0.4, -0.2) is 34.1 Å². The second-order valence-corrected chi connectivity index (χ2v) is 8.45. The number of aryl methyl sites for hydroxylation is 1. The lowest BCUT2D eigenvalue weighted by Gasteiger charge is -2.28.